The number of H-pyrrole nitrogens is 1. The Bertz CT molecular complexity index is 3170. The number of anilines is 2. The van der Waals surface area contributed by atoms with Crippen LogP contribution in [0, 0.1) is 11.3 Å². The molecule has 2 aromatic heterocycles. The maximum atomic E-state index is 13.0. The summed E-state index contributed by atoms with van der Waals surface area (Å²) >= 11 is 0. The Morgan fingerprint density at radius 3 is 2.35 bits per heavy atom. The average molecular weight is 885 g/mol. The van der Waals surface area contributed by atoms with Gasteiger partial charge in [0.1, 0.15) is 39.9 Å². The van der Waals surface area contributed by atoms with Gasteiger partial charge in [-0.15, -0.1) is 0 Å². The lowest BCUT2D eigenvalue weighted by molar-refractivity contribution is -0.121. The molecule has 66 heavy (non-hydrogen) atoms. The van der Waals surface area contributed by atoms with Crippen molar-refractivity contribution in [1.29, 1.82) is 5.26 Å². The molecule has 3 aromatic carbocycles. The van der Waals surface area contributed by atoms with Crippen LogP contribution in [0.25, 0.3) is 27.2 Å². The van der Waals surface area contributed by atoms with E-state index in [9.17, 15) is 34.0 Å². The Morgan fingerprint density at radius 2 is 1.67 bits per heavy atom. The molecule has 14 nitrogen and oxygen atoms in total. The summed E-state index contributed by atoms with van der Waals surface area (Å²) in [4.78, 5) is 82.0. The van der Waals surface area contributed by atoms with Gasteiger partial charge in [-0.1, -0.05) is 39.0 Å². The van der Waals surface area contributed by atoms with E-state index in [4.69, 9.17) is 0 Å². The Balaban J connectivity index is 0.865. The minimum atomic E-state index is -0.752. The number of hydrogen-bond donors (Lipinski definition) is 4. The molecular weight excluding hydrogens is 833 g/mol. The minimum absolute atomic E-state index is 0.0141. The number of nitriles is 1. The molecule has 1 aliphatic carbocycles. The van der Waals surface area contributed by atoms with Crippen LogP contribution in [0.3, 0.4) is 0 Å². The molecule has 8 rings (SSSR count). The number of amides is 1. The number of carbonyl (C=O) groups is 1. The molecule has 0 spiro atoms. The SMILES string of the molecule is CCc1cc2c(cc1N1CC(C)N(CCCC(=O)NCCCNc3cccc4c(=C=O)n(C5CCC(=C=O)NC5=C=O)c(=C=O)c34)C(C)C1)C(C)(C)c1[nH]c3cc(C#N)ccc3c1C2=C=O. The zero-order valence-corrected chi connectivity index (χ0v) is 37.9. The standard InChI is InChI=1S/C52H52N8O6/c1-6-34-21-38-39(27-62)49-36-15-13-33(23-53)20-42(36)57-51(49)52(4,5)40(38)22-45(34)58-24-31(2)59(32(3)25-58)19-8-12-48(66)55-18-9-17-54-41-11-7-10-37-46(29-64)60(47(30-65)50(37)41)44-16-14-35(26-61)56-43(44)28-63/h7,10-11,13,15,20-22,31-32,44,54,56-57H,6,8-9,12,14,16-19,24-25H2,1-5H3,(H,55,66). The maximum absolute atomic E-state index is 13.0. The van der Waals surface area contributed by atoms with E-state index in [1.807, 2.05) is 24.0 Å². The molecule has 2 fully saturated rings. The number of piperazine rings is 1. The quantitative estimate of drug-likeness (QED) is 0.104. The second-order valence-electron chi connectivity index (χ2n) is 18.1. The molecule has 4 N–H and O–H groups in total. The Labute approximate surface area is 382 Å². The fourth-order valence-electron chi connectivity index (χ4n) is 10.5. The second kappa shape index (κ2) is 18.6. The molecule has 4 heterocycles. The molecule has 0 bridgehead atoms. The lowest BCUT2D eigenvalue weighted by Crippen LogP contribution is -2.57. The number of aromatic amines is 1. The molecule has 0 saturated carbocycles. The molecule has 2 saturated heterocycles. The number of allylic oxidation sites excluding steroid dienone is 2. The van der Waals surface area contributed by atoms with Gasteiger partial charge in [0.25, 0.3) is 0 Å². The van der Waals surface area contributed by atoms with Crippen LogP contribution in [0.4, 0.5) is 11.4 Å². The van der Waals surface area contributed by atoms with Gasteiger partial charge < -0.3 is 30.4 Å². The molecule has 5 aromatic rings. The number of piperidine rings is 1. The van der Waals surface area contributed by atoms with Gasteiger partial charge in [-0.05, 0) is 93.1 Å². The first-order valence-electron chi connectivity index (χ1n) is 22.6. The summed E-state index contributed by atoms with van der Waals surface area (Å²) in [5, 5.41) is 20.6. The van der Waals surface area contributed by atoms with E-state index in [2.05, 4.69) is 89.5 Å². The highest BCUT2D eigenvalue weighted by Crippen LogP contribution is 2.50. The summed E-state index contributed by atoms with van der Waals surface area (Å²) in [6.45, 7) is 14.3. The van der Waals surface area contributed by atoms with E-state index in [-0.39, 0.29) is 52.9 Å². The van der Waals surface area contributed by atoms with Crippen molar-refractivity contribution in [3.8, 4) is 6.07 Å². The van der Waals surface area contributed by atoms with Crippen LogP contribution in [0.15, 0.2) is 59.9 Å². The minimum Gasteiger partial charge on any atom is -0.384 e. The third-order valence-electron chi connectivity index (χ3n) is 13.8. The van der Waals surface area contributed by atoms with Crippen molar-refractivity contribution in [2.24, 2.45) is 0 Å². The Kier molecular flexibility index (Phi) is 12.7. The molecule has 3 atom stereocenters. The van der Waals surface area contributed by atoms with Crippen molar-refractivity contribution in [2.75, 3.05) is 42.9 Å². The van der Waals surface area contributed by atoms with E-state index in [0.717, 1.165) is 59.3 Å². The summed E-state index contributed by atoms with van der Waals surface area (Å²) in [5.41, 5.74) is 8.40. The largest absolute Gasteiger partial charge is 0.384 e. The average Bonchev–Trinajstić information content (AvgIpc) is 3.88. The molecule has 3 aliphatic rings. The lowest BCUT2D eigenvalue weighted by Gasteiger charge is -2.46. The van der Waals surface area contributed by atoms with Crippen molar-refractivity contribution < 1.29 is 28.8 Å². The van der Waals surface area contributed by atoms with Gasteiger partial charge in [0.2, 0.25) is 5.91 Å². The van der Waals surface area contributed by atoms with Gasteiger partial charge >= 0.3 is 0 Å². The maximum Gasteiger partial charge on any atom is 0.220 e. The van der Waals surface area contributed by atoms with Crippen molar-refractivity contribution in [3.05, 3.63) is 104 Å². The summed E-state index contributed by atoms with van der Waals surface area (Å²) in [5.74, 6) is 9.74. The van der Waals surface area contributed by atoms with Gasteiger partial charge in [-0.3, -0.25) is 9.69 Å². The number of rotatable bonds is 12. The second-order valence-corrected chi connectivity index (χ2v) is 18.1. The van der Waals surface area contributed by atoms with Gasteiger partial charge in [-0.2, -0.15) is 5.26 Å². The van der Waals surface area contributed by atoms with Crippen LogP contribution >= 0.6 is 0 Å². The highest BCUT2D eigenvalue weighted by Gasteiger charge is 2.40. The zero-order valence-electron chi connectivity index (χ0n) is 37.9. The normalized spacial score (nSPS) is 18.8. The smallest absolute Gasteiger partial charge is 0.220 e. The van der Waals surface area contributed by atoms with E-state index >= 15 is 0 Å². The zero-order chi connectivity index (χ0) is 46.9. The monoisotopic (exact) mass is 884 g/mol. The van der Waals surface area contributed by atoms with E-state index in [0.29, 0.717) is 59.9 Å². The molecule has 0 radical (unpaired) electrons. The molecule has 2 aliphatic heterocycles. The lowest BCUT2D eigenvalue weighted by atomic mass is 9.69. The summed E-state index contributed by atoms with van der Waals surface area (Å²) in [6, 6.07) is 17.2. The van der Waals surface area contributed by atoms with Gasteiger partial charge in [-0.25, -0.2) is 24.0 Å². The third-order valence-corrected chi connectivity index (χ3v) is 13.8. The number of benzene rings is 3. The number of fused-ring (bicyclic) bond motifs is 5. The number of nitrogens with zero attached hydrogens (tertiary/aromatic N) is 4. The molecule has 3 unspecified atom stereocenters. The predicted octanol–water partition coefficient (Wildman–Crippen LogP) is 4.12. The fourth-order valence-corrected chi connectivity index (χ4v) is 10.5. The van der Waals surface area contributed by atoms with Crippen LogP contribution in [-0.2, 0) is 40.6 Å². The number of carbonyl (C=O) groups excluding carboxylic acids is 6. The van der Waals surface area contributed by atoms with Gasteiger partial charge in [0.15, 0.2) is 11.9 Å². The van der Waals surface area contributed by atoms with Crippen LogP contribution in [0.2, 0.25) is 0 Å². The summed E-state index contributed by atoms with van der Waals surface area (Å²) in [7, 11) is 0. The Morgan fingerprint density at radius 1 is 0.894 bits per heavy atom. The van der Waals surface area contributed by atoms with E-state index in [1.54, 1.807) is 36.1 Å². The first-order chi connectivity index (χ1) is 31.9. The molecule has 336 valence electrons. The topological polar surface area (TPSA) is 189 Å². The van der Waals surface area contributed by atoms with Crippen molar-refractivity contribution in [1.82, 2.24) is 25.1 Å². The van der Waals surface area contributed by atoms with Crippen molar-refractivity contribution in [2.45, 2.75) is 96.7 Å². The first-order valence-corrected chi connectivity index (χ1v) is 22.6. The molecule has 1 amide bonds. The number of nitrogens with one attached hydrogen (secondary N) is 4. The van der Waals surface area contributed by atoms with E-state index < -0.39 is 11.5 Å². The molecule has 14 heteroatoms. The van der Waals surface area contributed by atoms with Gasteiger partial charge in [0, 0.05) is 101 Å². The number of aromatic nitrogens is 2. The Hall–Kier alpha value is -7.43. The van der Waals surface area contributed by atoms with Crippen molar-refractivity contribution in [3.63, 3.8) is 0 Å². The fraction of sp³-hybridized carbons (Fsp3) is 0.385. The van der Waals surface area contributed by atoms with Crippen LogP contribution < -0.4 is 31.5 Å². The number of aryl methyl sites for hydroxylation is 1. The van der Waals surface area contributed by atoms with Gasteiger partial charge in [0.05, 0.1) is 23.2 Å². The predicted molar refractivity (Wildman–Crippen MR) is 253 cm³/mol. The first kappa shape index (κ1) is 45.1. The van der Waals surface area contributed by atoms with Crippen molar-refractivity contribution >= 4 is 74.2 Å². The highest BCUT2D eigenvalue weighted by molar-refractivity contribution is 6.10. The highest BCUT2D eigenvalue weighted by atomic mass is 16.1. The summed E-state index contributed by atoms with van der Waals surface area (Å²) < 4.78 is 1.43. The third kappa shape index (κ3) is 7.91. The van der Waals surface area contributed by atoms with E-state index in [1.165, 1.54) is 15.8 Å². The summed E-state index contributed by atoms with van der Waals surface area (Å²) in [6.07, 6.45) is 3.02. The van der Waals surface area contributed by atoms with Crippen LogP contribution in [0.1, 0.15) is 106 Å². The molecular formula is C52H52N8O6. The number of hydrogen-bond acceptors (Lipinski definition) is 11. The van der Waals surface area contributed by atoms with Crippen LogP contribution in [0.5, 0.6) is 0 Å². The van der Waals surface area contributed by atoms with Crippen LogP contribution in [-0.4, -0.2) is 94.9 Å².